The van der Waals surface area contributed by atoms with Gasteiger partial charge in [-0.15, -0.1) is 11.5 Å². The predicted octanol–water partition coefficient (Wildman–Crippen LogP) is 12.0. The van der Waals surface area contributed by atoms with Crippen molar-refractivity contribution in [2.75, 3.05) is 0 Å². The third-order valence-corrected chi connectivity index (χ3v) is 6.92. The van der Waals surface area contributed by atoms with Crippen molar-refractivity contribution >= 4 is 60.8 Å². The summed E-state index contributed by atoms with van der Waals surface area (Å²) in [6.07, 6.45) is 18.5. The Balaban J connectivity index is 1.98. The summed E-state index contributed by atoms with van der Waals surface area (Å²) in [5.74, 6) is 1.23. The number of hydrogen-bond donors (Lipinski definition) is 0. The summed E-state index contributed by atoms with van der Waals surface area (Å²) in [7, 11) is 0. The van der Waals surface area contributed by atoms with Crippen LogP contribution in [0, 0.1) is 0 Å². The van der Waals surface area contributed by atoms with Gasteiger partial charge in [0.05, 0.1) is 0 Å². The summed E-state index contributed by atoms with van der Waals surface area (Å²) in [4.78, 5) is 0. The molecule has 43 heavy (non-hydrogen) atoms. The fourth-order valence-electron chi connectivity index (χ4n) is 4.82. The largest absolute Gasteiger partial charge is 0.456 e. The second kappa shape index (κ2) is 14.7. The maximum absolute atomic E-state index is 6.79. The van der Waals surface area contributed by atoms with E-state index in [0.29, 0.717) is 11.5 Å². The molecule has 4 rings (SSSR count). The Morgan fingerprint density at radius 1 is 0.419 bits per heavy atom. The Morgan fingerprint density at radius 2 is 0.791 bits per heavy atom. The minimum absolute atomic E-state index is 0.613. The van der Waals surface area contributed by atoms with E-state index >= 15 is 0 Å². The van der Waals surface area contributed by atoms with Crippen LogP contribution in [0.5, 0.6) is 11.5 Å². The molecular weight excluding hydrogens is 520 g/mol. The van der Waals surface area contributed by atoms with E-state index in [0.717, 1.165) is 55.6 Å². The van der Waals surface area contributed by atoms with Gasteiger partial charge in [-0.05, 0) is 80.9 Å². The third-order valence-electron chi connectivity index (χ3n) is 6.92. The SMILES string of the molecule is C=Cc1cc(Oc2cc(C=C)c(C=C)c(C=C)c2C=C=Cc2ccccc2)c(C=C=Cc2ccccc2)c(C=C)c1C=C. The molecule has 4 aromatic carbocycles. The molecule has 4 aromatic rings. The molecule has 0 amide bonds. The molecule has 208 valence electrons. The van der Waals surface area contributed by atoms with E-state index in [-0.39, 0.29) is 0 Å². The highest BCUT2D eigenvalue weighted by Gasteiger charge is 2.18. The Kier molecular flexibility index (Phi) is 10.3. The van der Waals surface area contributed by atoms with E-state index in [1.807, 2.05) is 121 Å². The highest BCUT2D eigenvalue weighted by Crippen LogP contribution is 2.39. The fourth-order valence-corrected chi connectivity index (χ4v) is 4.82. The van der Waals surface area contributed by atoms with Crippen LogP contribution >= 0.6 is 0 Å². The molecule has 1 heteroatoms. The summed E-state index contributed by atoms with van der Waals surface area (Å²) < 4.78 is 6.79. The van der Waals surface area contributed by atoms with Crippen LogP contribution in [-0.2, 0) is 0 Å². The maximum atomic E-state index is 6.79. The first-order valence-corrected chi connectivity index (χ1v) is 13.9. The van der Waals surface area contributed by atoms with Crippen LogP contribution in [0.1, 0.15) is 55.6 Å². The average molecular weight is 555 g/mol. The van der Waals surface area contributed by atoms with Crippen molar-refractivity contribution in [1.82, 2.24) is 0 Å². The first-order valence-electron chi connectivity index (χ1n) is 13.9. The normalized spacial score (nSPS) is 9.77. The Morgan fingerprint density at radius 3 is 1.12 bits per heavy atom. The first-order chi connectivity index (χ1) is 21.1. The van der Waals surface area contributed by atoms with Crippen LogP contribution in [-0.4, -0.2) is 0 Å². The molecule has 0 aromatic heterocycles. The number of hydrogen-bond acceptors (Lipinski definition) is 1. The quantitative estimate of drug-likeness (QED) is 0.158. The summed E-state index contributed by atoms with van der Waals surface area (Å²) in [6.45, 7) is 24.3. The summed E-state index contributed by atoms with van der Waals surface area (Å²) >= 11 is 0. The third kappa shape index (κ3) is 6.91. The summed E-state index contributed by atoms with van der Waals surface area (Å²) in [5.41, 5.74) is 15.7. The van der Waals surface area contributed by atoms with Crippen LogP contribution in [0.15, 0.2) is 124 Å². The highest BCUT2D eigenvalue weighted by molar-refractivity contribution is 5.85. The van der Waals surface area contributed by atoms with Crippen LogP contribution < -0.4 is 4.74 Å². The Labute approximate surface area is 255 Å². The van der Waals surface area contributed by atoms with Gasteiger partial charge < -0.3 is 4.74 Å². The van der Waals surface area contributed by atoms with Crippen molar-refractivity contribution in [3.05, 3.63) is 179 Å². The van der Waals surface area contributed by atoms with E-state index in [4.69, 9.17) is 4.74 Å². The Bertz CT molecular complexity index is 1700. The molecule has 0 fully saturated rings. The van der Waals surface area contributed by atoms with Gasteiger partial charge >= 0.3 is 0 Å². The predicted molar refractivity (Wildman–Crippen MR) is 191 cm³/mol. The topological polar surface area (TPSA) is 9.23 Å². The lowest BCUT2D eigenvalue weighted by molar-refractivity contribution is 0.480. The summed E-state index contributed by atoms with van der Waals surface area (Å²) in [6, 6.07) is 24.0. The minimum Gasteiger partial charge on any atom is -0.456 e. The molecule has 0 radical (unpaired) electrons. The lowest BCUT2D eigenvalue weighted by Crippen LogP contribution is -2.00. The van der Waals surface area contributed by atoms with E-state index in [1.165, 1.54) is 0 Å². The van der Waals surface area contributed by atoms with Crippen molar-refractivity contribution in [2.24, 2.45) is 0 Å². The van der Waals surface area contributed by atoms with E-state index in [9.17, 15) is 0 Å². The standard InChI is InChI=1S/C42H34O/c1-7-33-29-41(39(37(11-5)35(33)9-3)27-19-25-31-21-15-13-16-22-31)43-42-30-34(8-2)36(10-4)38(12-6)40(42)28-20-26-32-23-17-14-18-24-32/h7-18,21-30H,1-6H2. The zero-order valence-electron chi connectivity index (χ0n) is 24.4. The second-order valence-corrected chi connectivity index (χ2v) is 9.47. The molecular formula is C42H34O. The number of rotatable bonds is 12. The zero-order valence-corrected chi connectivity index (χ0v) is 24.4. The smallest absolute Gasteiger partial charge is 0.136 e. The van der Waals surface area contributed by atoms with Crippen LogP contribution in [0.2, 0.25) is 0 Å². The molecule has 0 aliphatic rings. The van der Waals surface area contributed by atoms with Crippen molar-refractivity contribution in [2.45, 2.75) is 0 Å². The van der Waals surface area contributed by atoms with Crippen LogP contribution in [0.25, 0.3) is 60.8 Å². The summed E-state index contributed by atoms with van der Waals surface area (Å²) in [5, 5.41) is 0. The molecule has 0 heterocycles. The monoisotopic (exact) mass is 554 g/mol. The van der Waals surface area contributed by atoms with Crippen molar-refractivity contribution < 1.29 is 4.74 Å². The van der Waals surface area contributed by atoms with Crippen molar-refractivity contribution in [3.63, 3.8) is 0 Å². The highest BCUT2D eigenvalue weighted by atomic mass is 16.5. The van der Waals surface area contributed by atoms with Crippen molar-refractivity contribution in [3.8, 4) is 11.5 Å². The zero-order chi connectivity index (χ0) is 30.6. The van der Waals surface area contributed by atoms with Gasteiger partial charge in [0.1, 0.15) is 11.5 Å². The average Bonchev–Trinajstić information content (AvgIpc) is 3.05. The van der Waals surface area contributed by atoms with Gasteiger partial charge in [0.15, 0.2) is 0 Å². The van der Waals surface area contributed by atoms with E-state index < -0.39 is 0 Å². The molecule has 1 nitrogen and oxygen atoms in total. The lowest BCUT2D eigenvalue weighted by atomic mass is 9.93. The fraction of sp³-hybridized carbons (Fsp3) is 0. The molecule has 0 bridgehead atoms. The minimum atomic E-state index is 0.613. The molecule has 0 unspecified atom stereocenters. The molecule has 0 saturated carbocycles. The van der Waals surface area contributed by atoms with Gasteiger partial charge in [-0.2, -0.15) is 0 Å². The molecule has 0 aliphatic heterocycles. The molecule has 0 atom stereocenters. The first kappa shape index (κ1) is 30.1. The number of ether oxygens (including phenoxy) is 1. The van der Waals surface area contributed by atoms with Crippen LogP contribution in [0.4, 0.5) is 0 Å². The van der Waals surface area contributed by atoms with Gasteiger partial charge in [0.2, 0.25) is 0 Å². The lowest BCUT2D eigenvalue weighted by Gasteiger charge is -2.19. The molecule has 0 aliphatic carbocycles. The van der Waals surface area contributed by atoms with E-state index in [1.54, 1.807) is 12.2 Å². The maximum Gasteiger partial charge on any atom is 0.136 e. The van der Waals surface area contributed by atoms with Crippen molar-refractivity contribution in [1.29, 1.82) is 0 Å². The van der Waals surface area contributed by atoms with Gasteiger partial charge in [0, 0.05) is 11.1 Å². The molecule has 0 spiro atoms. The van der Waals surface area contributed by atoms with Gasteiger partial charge in [-0.1, -0.05) is 137 Å². The van der Waals surface area contributed by atoms with E-state index in [2.05, 4.69) is 50.9 Å². The van der Waals surface area contributed by atoms with Gasteiger partial charge in [-0.25, -0.2) is 0 Å². The Hall–Kier alpha value is -5.84. The second-order valence-electron chi connectivity index (χ2n) is 9.47. The van der Waals surface area contributed by atoms with Gasteiger partial charge in [-0.3, -0.25) is 0 Å². The number of benzene rings is 4. The molecule has 0 N–H and O–H groups in total. The van der Waals surface area contributed by atoms with Gasteiger partial charge in [0.25, 0.3) is 0 Å². The van der Waals surface area contributed by atoms with Crippen LogP contribution in [0.3, 0.4) is 0 Å². The molecule has 0 saturated heterocycles.